The van der Waals surface area contributed by atoms with E-state index in [1.165, 1.54) is 17.5 Å². The number of hydrogen-bond donors (Lipinski definition) is 1. The van der Waals surface area contributed by atoms with E-state index in [1.807, 2.05) is 0 Å². The van der Waals surface area contributed by atoms with Gasteiger partial charge in [-0.3, -0.25) is 4.79 Å². The van der Waals surface area contributed by atoms with Crippen LogP contribution in [0.3, 0.4) is 0 Å². The topological polar surface area (TPSA) is 110 Å². The van der Waals surface area contributed by atoms with Gasteiger partial charge in [0.05, 0.1) is 27.0 Å². The highest BCUT2D eigenvalue weighted by Crippen LogP contribution is 2.29. The summed E-state index contributed by atoms with van der Waals surface area (Å²) in [6.45, 7) is 0.172. The molecule has 186 valence electrons. The number of benzene rings is 2. The monoisotopic (exact) mass is 498 g/mol. The molecule has 0 atom stereocenters. The minimum atomic E-state index is -3.83. The quantitative estimate of drug-likeness (QED) is 0.442. The maximum atomic E-state index is 12.7. The normalized spacial score (nSPS) is 17.0. The van der Waals surface area contributed by atoms with Gasteiger partial charge in [0.15, 0.2) is 17.3 Å². The third-order valence-corrected chi connectivity index (χ3v) is 7.46. The van der Waals surface area contributed by atoms with Crippen LogP contribution in [0, 0.1) is 0 Å². The first-order chi connectivity index (χ1) is 16.9. The van der Waals surface area contributed by atoms with Crippen molar-refractivity contribution in [2.75, 3.05) is 20.8 Å². The van der Waals surface area contributed by atoms with Crippen LogP contribution >= 0.6 is 0 Å². The number of carbonyl (C=O) groups excluding carboxylic acids is 1. The largest absolute Gasteiger partial charge is 0.493 e. The molecule has 0 bridgehead atoms. The van der Waals surface area contributed by atoms with E-state index in [4.69, 9.17) is 9.47 Å². The molecule has 1 saturated carbocycles. The second-order valence-electron chi connectivity index (χ2n) is 8.52. The van der Waals surface area contributed by atoms with Gasteiger partial charge in [-0.2, -0.15) is 13.5 Å². The van der Waals surface area contributed by atoms with Crippen LogP contribution in [0.15, 0.2) is 56.9 Å². The second-order valence-corrected chi connectivity index (χ2v) is 10.1. The molecule has 10 heteroatoms. The average Bonchev–Trinajstić information content (AvgIpc) is 3.15. The van der Waals surface area contributed by atoms with Crippen LogP contribution in [0.2, 0.25) is 0 Å². The number of rotatable bonds is 8. The lowest BCUT2D eigenvalue weighted by Crippen LogP contribution is -2.38. The Hall–Kier alpha value is -3.40. The summed E-state index contributed by atoms with van der Waals surface area (Å²) in [7, 11) is -0.724. The number of ether oxygens (including phenoxy) is 2. The van der Waals surface area contributed by atoms with Crippen molar-refractivity contribution in [3.05, 3.63) is 53.6 Å². The highest BCUT2D eigenvalue weighted by molar-refractivity contribution is 7.90. The van der Waals surface area contributed by atoms with Crippen LogP contribution in [0.5, 0.6) is 11.5 Å². The van der Waals surface area contributed by atoms with Crippen LogP contribution in [0.1, 0.15) is 49.7 Å². The summed E-state index contributed by atoms with van der Waals surface area (Å²) >= 11 is 0. The lowest BCUT2D eigenvalue weighted by atomic mass is 9.95. The van der Waals surface area contributed by atoms with Crippen molar-refractivity contribution < 1.29 is 22.7 Å². The lowest BCUT2D eigenvalue weighted by molar-refractivity contribution is -0.122. The Morgan fingerprint density at radius 3 is 2.60 bits per heavy atom. The highest BCUT2D eigenvalue weighted by Gasteiger charge is 2.32. The van der Waals surface area contributed by atoms with Gasteiger partial charge in [0.2, 0.25) is 5.91 Å². The van der Waals surface area contributed by atoms with Crippen LogP contribution in [-0.2, 0) is 14.8 Å². The molecule has 2 aromatic rings. The van der Waals surface area contributed by atoms with Gasteiger partial charge in [0.25, 0.3) is 10.0 Å². The third kappa shape index (κ3) is 5.82. The first-order valence-electron chi connectivity index (χ1n) is 11.7. The molecule has 0 saturated heterocycles. The number of hydrogen-bond acceptors (Lipinski definition) is 7. The third-order valence-electron chi connectivity index (χ3n) is 6.13. The summed E-state index contributed by atoms with van der Waals surface area (Å²) in [5.41, 5.74) is 1.18. The van der Waals surface area contributed by atoms with Gasteiger partial charge < -0.3 is 14.8 Å². The van der Waals surface area contributed by atoms with Crippen LogP contribution in [0.25, 0.3) is 0 Å². The summed E-state index contributed by atoms with van der Waals surface area (Å²) in [5.74, 6) is 1.24. The second kappa shape index (κ2) is 10.9. The zero-order valence-corrected chi connectivity index (χ0v) is 20.8. The number of hydrazone groups is 1. The van der Waals surface area contributed by atoms with E-state index in [1.54, 1.807) is 56.8 Å². The summed E-state index contributed by atoms with van der Waals surface area (Å²) in [4.78, 5) is 12.8. The van der Waals surface area contributed by atoms with E-state index < -0.39 is 10.0 Å². The molecule has 0 unspecified atom stereocenters. The van der Waals surface area contributed by atoms with E-state index in [0.717, 1.165) is 25.7 Å². The van der Waals surface area contributed by atoms with Crippen molar-refractivity contribution in [1.82, 2.24) is 10.3 Å². The standard InChI is InChI=1S/C25H30N4O5S/c1-33-21-13-12-18(16-22(21)34-2)17-26-29(15-14-24(30)27-19-8-4-3-5-9-19)25-20-10-6-7-11-23(20)35(31,32)28-25/h6-7,10-13,16-17,19H,3-5,8-9,14-15H2,1-2H3,(H,27,30)/b26-17-. The minimum Gasteiger partial charge on any atom is -0.493 e. The van der Waals surface area contributed by atoms with Crippen LogP contribution in [-0.4, -0.2) is 58.2 Å². The number of amidine groups is 1. The molecule has 1 N–H and O–H groups in total. The molecule has 1 aliphatic heterocycles. The van der Waals surface area contributed by atoms with E-state index in [-0.39, 0.29) is 35.6 Å². The first kappa shape index (κ1) is 24.7. The van der Waals surface area contributed by atoms with Gasteiger partial charge in [0.1, 0.15) is 4.90 Å². The number of nitrogens with zero attached hydrogens (tertiary/aromatic N) is 3. The molecule has 1 aliphatic carbocycles. The SMILES string of the molecule is COc1ccc(/C=N\N(CCC(=O)NC2CCCCC2)C2=NS(=O)(=O)c3ccccc32)cc1OC. The fourth-order valence-electron chi connectivity index (χ4n) is 4.32. The molecule has 2 aliphatic rings. The molecule has 4 rings (SSSR count). The van der Waals surface area contributed by atoms with Gasteiger partial charge in [-0.1, -0.05) is 31.4 Å². The summed E-state index contributed by atoms with van der Waals surface area (Å²) in [5, 5.41) is 9.10. The Morgan fingerprint density at radius 1 is 1.11 bits per heavy atom. The molecule has 1 amide bonds. The Bertz CT molecular complexity index is 1240. The van der Waals surface area contributed by atoms with Crippen LogP contribution < -0.4 is 14.8 Å². The van der Waals surface area contributed by atoms with Gasteiger partial charge in [-0.15, -0.1) is 4.40 Å². The molecular weight excluding hydrogens is 468 g/mol. The van der Waals surface area contributed by atoms with Gasteiger partial charge >= 0.3 is 0 Å². The smallest absolute Gasteiger partial charge is 0.285 e. The van der Waals surface area contributed by atoms with Crippen molar-refractivity contribution >= 4 is 28.0 Å². The number of fused-ring (bicyclic) bond motifs is 1. The Balaban J connectivity index is 1.57. The number of carbonyl (C=O) groups is 1. The zero-order chi connectivity index (χ0) is 24.8. The predicted molar refractivity (Wildman–Crippen MR) is 134 cm³/mol. The van der Waals surface area contributed by atoms with E-state index in [0.29, 0.717) is 22.6 Å². The van der Waals surface area contributed by atoms with Gasteiger partial charge in [-0.25, -0.2) is 5.01 Å². The van der Waals surface area contributed by atoms with Crippen molar-refractivity contribution in [1.29, 1.82) is 0 Å². The van der Waals surface area contributed by atoms with Crippen molar-refractivity contribution in [2.24, 2.45) is 9.50 Å². The number of sulfonamides is 1. The molecule has 1 heterocycles. The molecule has 2 aromatic carbocycles. The fraction of sp³-hybridized carbons (Fsp3) is 0.400. The summed E-state index contributed by atoms with van der Waals surface area (Å²) < 4.78 is 39.9. The predicted octanol–water partition coefficient (Wildman–Crippen LogP) is 3.33. The van der Waals surface area contributed by atoms with Crippen LogP contribution in [0.4, 0.5) is 0 Å². The van der Waals surface area contributed by atoms with E-state index >= 15 is 0 Å². The minimum absolute atomic E-state index is 0.0852. The molecule has 0 radical (unpaired) electrons. The number of methoxy groups -OCH3 is 2. The number of amides is 1. The van der Waals surface area contributed by atoms with Gasteiger partial charge in [-0.05, 0) is 48.7 Å². The maximum absolute atomic E-state index is 12.7. The molecule has 1 fully saturated rings. The number of nitrogens with one attached hydrogen (secondary N) is 1. The fourth-order valence-corrected chi connectivity index (χ4v) is 5.52. The zero-order valence-electron chi connectivity index (χ0n) is 19.9. The van der Waals surface area contributed by atoms with Crippen molar-refractivity contribution in [3.8, 4) is 11.5 Å². The highest BCUT2D eigenvalue weighted by atomic mass is 32.2. The average molecular weight is 499 g/mol. The Labute approximate surface area is 205 Å². The van der Waals surface area contributed by atoms with Crippen molar-refractivity contribution in [2.45, 2.75) is 49.5 Å². The van der Waals surface area contributed by atoms with E-state index in [9.17, 15) is 13.2 Å². The van der Waals surface area contributed by atoms with Crippen molar-refractivity contribution in [3.63, 3.8) is 0 Å². The summed E-state index contributed by atoms with van der Waals surface area (Å²) in [6, 6.07) is 12.1. The molecule has 0 aromatic heterocycles. The van der Waals surface area contributed by atoms with Gasteiger partial charge in [0, 0.05) is 18.0 Å². The maximum Gasteiger partial charge on any atom is 0.285 e. The molecule has 9 nitrogen and oxygen atoms in total. The Kier molecular flexibility index (Phi) is 7.70. The first-order valence-corrected chi connectivity index (χ1v) is 13.1. The lowest BCUT2D eigenvalue weighted by Gasteiger charge is -2.24. The summed E-state index contributed by atoms with van der Waals surface area (Å²) in [6.07, 6.45) is 7.17. The molecular formula is C25H30N4O5S. The Morgan fingerprint density at radius 2 is 1.86 bits per heavy atom. The molecule has 0 spiro atoms. The van der Waals surface area contributed by atoms with E-state index in [2.05, 4.69) is 14.8 Å². The molecule has 35 heavy (non-hydrogen) atoms.